The highest BCUT2D eigenvalue weighted by Gasteiger charge is 2.20. The van der Waals surface area contributed by atoms with E-state index in [4.69, 9.17) is 10.2 Å². The second-order valence-electron chi connectivity index (χ2n) is 6.48. The molecule has 0 radical (unpaired) electrons. The van der Waals surface area contributed by atoms with Crippen LogP contribution in [0.5, 0.6) is 0 Å². The van der Waals surface area contributed by atoms with Crippen LogP contribution in [0.15, 0.2) is 35.1 Å². The van der Waals surface area contributed by atoms with Gasteiger partial charge in [0.15, 0.2) is 11.7 Å². The fourth-order valence-electron chi connectivity index (χ4n) is 3.02. The van der Waals surface area contributed by atoms with E-state index in [2.05, 4.69) is 20.3 Å². The van der Waals surface area contributed by atoms with Crippen molar-refractivity contribution in [2.45, 2.75) is 25.8 Å². The number of fused-ring (bicyclic) bond motifs is 1. The number of rotatable bonds is 2. The van der Waals surface area contributed by atoms with E-state index in [9.17, 15) is 4.79 Å². The predicted octanol–water partition coefficient (Wildman–Crippen LogP) is 2.55. The fraction of sp³-hybridized carbons (Fsp3) is 0.333. The van der Waals surface area contributed by atoms with Gasteiger partial charge in [-0.15, -0.1) is 0 Å². The van der Waals surface area contributed by atoms with Crippen molar-refractivity contribution < 1.29 is 9.21 Å². The monoisotopic (exact) mass is 352 g/mol. The molecule has 0 saturated carbocycles. The molecule has 134 valence electrons. The lowest BCUT2D eigenvalue weighted by molar-refractivity contribution is 0.195. The largest absolute Gasteiger partial charge is 0.441 e. The Morgan fingerprint density at radius 2 is 2.00 bits per heavy atom. The quantitative estimate of drug-likeness (QED) is 0.733. The molecule has 8 nitrogen and oxygen atoms in total. The molecule has 1 saturated heterocycles. The third-order valence-electron chi connectivity index (χ3n) is 4.54. The third kappa shape index (κ3) is 3.36. The maximum Gasteiger partial charge on any atom is 0.323 e. The van der Waals surface area contributed by atoms with Crippen LogP contribution in [0.4, 0.5) is 10.6 Å². The van der Waals surface area contributed by atoms with Crippen LogP contribution < -0.4 is 11.1 Å². The lowest BCUT2D eigenvalue weighted by atomic mass is 10.1. The summed E-state index contributed by atoms with van der Waals surface area (Å²) in [6.45, 7) is 3.12. The van der Waals surface area contributed by atoms with Crippen LogP contribution >= 0.6 is 0 Å². The number of nitrogens with zero attached hydrogens (tertiary/aromatic N) is 4. The van der Waals surface area contributed by atoms with E-state index in [0.717, 1.165) is 29.3 Å². The zero-order valence-corrected chi connectivity index (χ0v) is 14.5. The topological polar surface area (TPSA) is 110 Å². The van der Waals surface area contributed by atoms with E-state index in [1.54, 1.807) is 30.4 Å². The number of amides is 2. The molecule has 1 aliphatic heterocycles. The minimum Gasteiger partial charge on any atom is -0.441 e. The number of oxazole rings is 1. The summed E-state index contributed by atoms with van der Waals surface area (Å²) in [5.41, 5.74) is 7.45. The molecule has 2 amide bonds. The zero-order chi connectivity index (χ0) is 18.1. The van der Waals surface area contributed by atoms with Crippen molar-refractivity contribution >= 4 is 22.8 Å². The van der Waals surface area contributed by atoms with Crippen LogP contribution in [-0.2, 0) is 0 Å². The Bertz CT molecular complexity index is 946. The standard InChI is InChI=1S/C18H20N6O2/c1-11-20-10-16(26-11)13-6-12-7-17(22-9-15(12)21-8-13)23-18(25)24-4-2-14(19)3-5-24/h6-10,14H,2-5,19H2,1H3,(H,22,23,25). The van der Waals surface area contributed by atoms with Crippen molar-refractivity contribution in [1.82, 2.24) is 19.9 Å². The Balaban J connectivity index is 1.55. The molecule has 0 aromatic carbocycles. The molecule has 26 heavy (non-hydrogen) atoms. The Morgan fingerprint density at radius 3 is 2.73 bits per heavy atom. The van der Waals surface area contributed by atoms with Gasteiger partial charge in [0, 0.05) is 43.2 Å². The van der Waals surface area contributed by atoms with Crippen LogP contribution in [0.3, 0.4) is 0 Å². The molecule has 0 bridgehead atoms. The van der Waals surface area contributed by atoms with Gasteiger partial charge >= 0.3 is 6.03 Å². The number of piperidine rings is 1. The van der Waals surface area contributed by atoms with Gasteiger partial charge in [0.25, 0.3) is 0 Å². The number of aromatic nitrogens is 3. The molecular formula is C18H20N6O2. The van der Waals surface area contributed by atoms with Gasteiger partial charge in [-0.05, 0) is 25.0 Å². The number of hydrogen-bond donors (Lipinski definition) is 2. The summed E-state index contributed by atoms with van der Waals surface area (Å²) in [5, 5.41) is 3.72. The summed E-state index contributed by atoms with van der Waals surface area (Å²) in [5.74, 6) is 1.75. The Labute approximate surface area is 150 Å². The van der Waals surface area contributed by atoms with E-state index >= 15 is 0 Å². The summed E-state index contributed by atoms with van der Waals surface area (Å²) in [6.07, 6.45) is 6.68. The van der Waals surface area contributed by atoms with Gasteiger partial charge in [0.1, 0.15) is 5.82 Å². The molecular weight excluding hydrogens is 332 g/mol. The lowest BCUT2D eigenvalue weighted by Gasteiger charge is -2.30. The molecule has 3 N–H and O–H groups in total. The van der Waals surface area contributed by atoms with E-state index in [1.165, 1.54) is 0 Å². The van der Waals surface area contributed by atoms with Crippen LogP contribution in [0.2, 0.25) is 0 Å². The van der Waals surface area contributed by atoms with Crippen molar-refractivity contribution in [2.75, 3.05) is 18.4 Å². The summed E-state index contributed by atoms with van der Waals surface area (Å²) >= 11 is 0. The predicted molar refractivity (Wildman–Crippen MR) is 97.6 cm³/mol. The average Bonchev–Trinajstić information content (AvgIpc) is 3.08. The molecule has 0 atom stereocenters. The molecule has 1 aliphatic rings. The van der Waals surface area contributed by atoms with Gasteiger partial charge in [-0.1, -0.05) is 0 Å². The summed E-state index contributed by atoms with van der Waals surface area (Å²) in [7, 11) is 0. The Kier molecular flexibility index (Phi) is 4.26. The number of pyridine rings is 2. The minimum atomic E-state index is -0.154. The van der Waals surface area contributed by atoms with E-state index < -0.39 is 0 Å². The van der Waals surface area contributed by atoms with E-state index in [1.807, 2.05) is 12.1 Å². The number of likely N-dealkylation sites (tertiary alicyclic amines) is 1. The maximum atomic E-state index is 12.4. The number of hydrogen-bond acceptors (Lipinski definition) is 6. The summed E-state index contributed by atoms with van der Waals surface area (Å²) in [6, 6.07) is 3.78. The molecule has 3 aromatic rings. The molecule has 4 heterocycles. The number of carbonyl (C=O) groups excluding carboxylic acids is 1. The lowest BCUT2D eigenvalue weighted by Crippen LogP contribution is -2.44. The van der Waals surface area contributed by atoms with Gasteiger partial charge in [-0.2, -0.15) is 0 Å². The van der Waals surface area contributed by atoms with Gasteiger partial charge in [-0.25, -0.2) is 14.8 Å². The Hall–Kier alpha value is -3.00. The van der Waals surface area contributed by atoms with E-state index in [0.29, 0.717) is 30.6 Å². The number of urea groups is 1. The maximum absolute atomic E-state index is 12.4. The molecule has 8 heteroatoms. The van der Waals surface area contributed by atoms with E-state index in [-0.39, 0.29) is 12.1 Å². The highest BCUT2D eigenvalue weighted by molar-refractivity contribution is 5.91. The van der Waals surface area contributed by atoms with Gasteiger partial charge in [0.2, 0.25) is 0 Å². The van der Waals surface area contributed by atoms with Crippen molar-refractivity contribution in [3.8, 4) is 11.3 Å². The molecule has 4 rings (SSSR count). The summed E-state index contributed by atoms with van der Waals surface area (Å²) in [4.78, 5) is 26.9. The van der Waals surface area contributed by atoms with Gasteiger partial charge < -0.3 is 15.1 Å². The second-order valence-corrected chi connectivity index (χ2v) is 6.48. The van der Waals surface area contributed by atoms with Gasteiger partial charge in [0.05, 0.1) is 17.9 Å². The fourth-order valence-corrected chi connectivity index (χ4v) is 3.02. The van der Waals surface area contributed by atoms with Crippen molar-refractivity contribution in [3.63, 3.8) is 0 Å². The first kappa shape index (κ1) is 16.5. The number of nitrogens with two attached hydrogens (primary N) is 1. The second kappa shape index (κ2) is 6.72. The van der Waals surface area contributed by atoms with Crippen molar-refractivity contribution in [1.29, 1.82) is 0 Å². The number of nitrogens with one attached hydrogen (secondary N) is 1. The van der Waals surface area contributed by atoms with Crippen LogP contribution in [0.1, 0.15) is 18.7 Å². The first-order valence-corrected chi connectivity index (χ1v) is 8.58. The SMILES string of the molecule is Cc1ncc(-c2cnc3cnc(NC(=O)N4CCC(N)CC4)cc3c2)o1. The van der Waals surface area contributed by atoms with Crippen molar-refractivity contribution in [2.24, 2.45) is 5.73 Å². The van der Waals surface area contributed by atoms with Crippen LogP contribution in [0.25, 0.3) is 22.2 Å². The molecule has 1 fully saturated rings. The third-order valence-corrected chi connectivity index (χ3v) is 4.54. The highest BCUT2D eigenvalue weighted by atomic mass is 16.4. The normalized spacial score (nSPS) is 15.4. The smallest absolute Gasteiger partial charge is 0.323 e. The minimum absolute atomic E-state index is 0.154. The van der Waals surface area contributed by atoms with Crippen LogP contribution in [0, 0.1) is 6.92 Å². The average molecular weight is 352 g/mol. The molecule has 3 aromatic heterocycles. The van der Waals surface area contributed by atoms with Crippen molar-refractivity contribution in [3.05, 3.63) is 36.6 Å². The number of aryl methyl sites for hydroxylation is 1. The molecule has 0 aliphatic carbocycles. The molecule has 0 spiro atoms. The Morgan fingerprint density at radius 1 is 1.19 bits per heavy atom. The van der Waals surface area contributed by atoms with Gasteiger partial charge in [-0.3, -0.25) is 10.3 Å². The van der Waals surface area contributed by atoms with Crippen LogP contribution in [-0.4, -0.2) is 45.0 Å². The molecule has 0 unspecified atom stereocenters. The first-order chi connectivity index (χ1) is 12.6. The number of anilines is 1. The number of carbonyl (C=O) groups is 1. The highest BCUT2D eigenvalue weighted by Crippen LogP contribution is 2.24. The summed E-state index contributed by atoms with van der Waals surface area (Å²) < 4.78 is 5.55. The zero-order valence-electron chi connectivity index (χ0n) is 14.5. The first-order valence-electron chi connectivity index (χ1n) is 8.58.